The Morgan fingerprint density at radius 3 is 1.90 bits per heavy atom. The monoisotopic (exact) mass is 272 g/mol. The van der Waals surface area contributed by atoms with Gasteiger partial charge >= 0.3 is 11.9 Å². The van der Waals surface area contributed by atoms with Gasteiger partial charge in [0.15, 0.2) is 0 Å². The molecule has 0 atom stereocenters. The number of hydrogen-bond donors (Lipinski definition) is 3. The number of aliphatic hydroxyl groups is 1. The van der Waals surface area contributed by atoms with E-state index in [2.05, 4.69) is 23.7 Å². The molecule has 20 heavy (non-hydrogen) atoms. The third-order valence-electron chi connectivity index (χ3n) is 2.06. The molecule has 0 aliphatic heterocycles. The lowest BCUT2D eigenvalue weighted by Gasteiger charge is -2.04. The van der Waals surface area contributed by atoms with Crippen LogP contribution in [0.4, 0.5) is 0 Å². The second kappa shape index (κ2) is 5.92. The predicted octanol–water partition coefficient (Wildman–Crippen LogP) is 1.21. The summed E-state index contributed by atoms with van der Waals surface area (Å²) in [5.74, 6) is 7.39. The minimum atomic E-state index is -1.24. The molecule has 5 heteroatoms. The number of carbonyl (C=O) groups is 2. The maximum Gasteiger partial charge on any atom is 0.335 e. The van der Waals surface area contributed by atoms with Gasteiger partial charge in [-0.3, -0.25) is 0 Å². The van der Waals surface area contributed by atoms with E-state index in [1.54, 1.807) is 0 Å². The van der Waals surface area contributed by atoms with Gasteiger partial charge < -0.3 is 15.3 Å². The van der Waals surface area contributed by atoms with Crippen LogP contribution in [0.3, 0.4) is 0 Å². The standard InChI is InChI=1S/C15H12O5/c1-15(2,20)6-4-3-5-10-7-11(13(16)17)9-12(8-10)14(18)19/h7-9,20H,1-2H3,(H,16,17)(H,18,19). The number of rotatable bonds is 2. The number of hydrogen-bond acceptors (Lipinski definition) is 3. The summed E-state index contributed by atoms with van der Waals surface area (Å²) in [6, 6.07) is 3.57. The van der Waals surface area contributed by atoms with E-state index in [1.807, 2.05) is 0 Å². The van der Waals surface area contributed by atoms with Crippen LogP contribution in [0, 0.1) is 23.7 Å². The quantitative estimate of drug-likeness (QED) is 0.703. The third kappa shape index (κ3) is 4.85. The summed E-state index contributed by atoms with van der Waals surface area (Å²) in [6.07, 6.45) is 0. The van der Waals surface area contributed by atoms with E-state index in [9.17, 15) is 14.7 Å². The Balaban J connectivity index is 3.18. The SMILES string of the molecule is CC(C)(O)C#CC#Cc1cc(C(=O)O)cc(C(=O)O)c1. The molecule has 0 saturated carbocycles. The molecule has 0 fully saturated rings. The maximum atomic E-state index is 10.9. The molecule has 0 amide bonds. The average Bonchev–Trinajstić information content (AvgIpc) is 2.33. The van der Waals surface area contributed by atoms with Crippen molar-refractivity contribution in [3.63, 3.8) is 0 Å². The van der Waals surface area contributed by atoms with E-state index in [1.165, 1.54) is 26.0 Å². The van der Waals surface area contributed by atoms with Crippen molar-refractivity contribution in [1.82, 2.24) is 0 Å². The highest BCUT2D eigenvalue weighted by Crippen LogP contribution is 2.10. The van der Waals surface area contributed by atoms with Crippen LogP contribution >= 0.6 is 0 Å². The zero-order valence-electron chi connectivity index (χ0n) is 10.9. The molecule has 3 N–H and O–H groups in total. The van der Waals surface area contributed by atoms with Gasteiger partial charge in [-0.2, -0.15) is 0 Å². The van der Waals surface area contributed by atoms with Crippen LogP contribution in [0.15, 0.2) is 18.2 Å². The summed E-state index contributed by atoms with van der Waals surface area (Å²) in [6.45, 7) is 2.99. The number of carboxylic acids is 2. The van der Waals surface area contributed by atoms with E-state index in [-0.39, 0.29) is 16.7 Å². The predicted molar refractivity (Wildman–Crippen MR) is 71.3 cm³/mol. The van der Waals surface area contributed by atoms with Crippen molar-refractivity contribution >= 4 is 11.9 Å². The van der Waals surface area contributed by atoms with Crippen molar-refractivity contribution in [3.8, 4) is 23.7 Å². The molecule has 102 valence electrons. The van der Waals surface area contributed by atoms with E-state index >= 15 is 0 Å². The first-order valence-electron chi connectivity index (χ1n) is 5.56. The topological polar surface area (TPSA) is 94.8 Å². The molecule has 0 aromatic heterocycles. The zero-order valence-corrected chi connectivity index (χ0v) is 10.9. The van der Waals surface area contributed by atoms with Crippen LogP contribution in [-0.4, -0.2) is 32.9 Å². The minimum Gasteiger partial charge on any atom is -0.478 e. The number of aromatic carboxylic acids is 2. The van der Waals surface area contributed by atoms with Crippen molar-refractivity contribution in [3.05, 3.63) is 34.9 Å². The lowest BCUT2D eigenvalue weighted by atomic mass is 10.1. The van der Waals surface area contributed by atoms with Gasteiger partial charge in [0.1, 0.15) is 5.60 Å². The second-order valence-electron chi connectivity index (χ2n) is 4.47. The molecule has 0 spiro atoms. The second-order valence-corrected chi connectivity index (χ2v) is 4.47. The highest BCUT2D eigenvalue weighted by molar-refractivity contribution is 5.94. The molecule has 0 bridgehead atoms. The van der Waals surface area contributed by atoms with Crippen molar-refractivity contribution < 1.29 is 24.9 Å². The highest BCUT2D eigenvalue weighted by atomic mass is 16.4. The first kappa shape index (κ1) is 15.3. The fraction of sp³-hybridized carbons (Fsp3) is 0.200. The average molecular weight is 272 g/mol. The number of carboxylic acid groups (broad SMARTS) is 2. The van der Waals surface area contributed by atoms with E-state index in [0.29, 0.717) is 0 Å². The Morgan fingerprint density at radius 2 is 1.50 bits per heavy atom. The van der Waals surface area contributed by atoms with Crippen LogP contribution in [0.1, 0.15) is 40.1 Å². The Labute approximate surface area is 115 Å². The minimum absolute atomic E-state index is 0.162. The zero-order chi connectivity index (χ0) is 15.3. The lowest BCUT2D eigenvalue weighted by Crippen LogP contribution is -2.14. The first-order valence-corrected chi connectivity index (χ1v) is 5.56. The molecule has 0 saturated heterocycles. The summed E-state index contributed by atoms with van der Waals surface area (Å²) in [4.78, 5) is 21.8. The summed E-state index contributed by atoms with van der Waals surface area (Å²) >= 11 is 0. The van der Waals surface area contributed by atoms with Crippen molar-refractivity contribution in [2.24, 2.45) is 0 Å². The smallest absolute Gasteiger partial charge is 0.335 e. The van der Waals surface area contributed by atoms with Crippen LogP contribution in [0.2, 0.25) is 0 Å². The van der Waals surface area contributed by atoms with Gasteiger partial charge in [0.05, 0.1) is 11.1 Å². The largest absolute Gasteiger partial charge is 0.478 e. The summed E-state index contributed by atoms with van der Waals surface area (Å²) < 4.78 is 0. The van der Waals surface area contributed by atoms with Gasteiger partial charge in [0, 0.05) is 5.56 Å². The van der Waals surface area contributed by atoms with Gasteiger partial charge in [-0.15, -0.1) is 0 Å². The van der Waals surface area contributed by atoms with Crippen LogP contribution < -0.4 is 0 Å². The highest BCUT2D eigenvalue weighted by Gasteiger charge is 2.10. The summed E-state index contributed by atoms with van der Waals surface area (Å²) in [5, 5.41) is 27.1. The molecule has 0 aliphatic rings. The molecule has 1 rings (SSSR count). The Morgan fingerprint density at radius 1 is 1.00 bits per heavy atom. The molecular formula is C15H12O5. The van der Waals surface area contributed by atoms with Gasteiger partial charge in [-0.25, -0.2) is 9.59 Å². The van der Waals surface area contributed by atoms with Crippen molar-refractivity contribution in [2.75, 3.05) is 0 Å². The van der Waals surface area contributed by atoms with Gasteiger partial charge in [0.2, 0.25) is 0 Å². The fourth-order valence-corrected chi connectivity index (χ4v) is 1.23. The maximum absolute atomic E-state index is 10.9. The van der Waals surface area contributed by atoms with E-state index < -0.39 is 17.5 Å². The van der Waals surface area contributed by atoms with Crippen molar-refractivity contribution in [1.29, 1.82) is 0 Å². The van der Waals surface area contributed by atoms with E-state index in [4.69, 9.17) is 10.2 Å². The molecule has 1 aromatic rings. The van der Waals surface area contributed by atoms with Gasteiger partial charge in [0.25, 0.3) is 0 Å². The van der Waals surface area contributed by atoms with Crippen LogP contribution in [-0.2, 0) is 0 Å². The normalized spacial score (nSPS) is 9.75. The van der Waals surface area contributed by atoms with Gasteiger partial charge in [-0.05, 0) is 43.9 Å². The van der Waals surface area contributed by atoms with E-state index in [0.717, 1.165) is 6.07 Å². The van der Waals surface area contributed by atoms with Crippen molar-refractivity contribution in [2.45, 2.75) is 19.4 Å². The Bertz CT molecular complexity index is 640. The van der Waals surface area contributed by atoms with Crippen LogP contribution in [0.5, 0.6) is 0 Å². The summed E-state index contributed by atoms with van der Waals surface area (Å²) in [7, 11) is 0. The lowest BCUT2D eigenvalue weighted by molar-refractivity contribution is 0.0696. The third-order valence-corrected chi connectivity index (χ3v) is 2.06. The molecule has 1 aromatic carbocycles. The molecule has 5 nitrogen and oxygen atoms in total. The fourth-order valence-electron chi connectivity index (χ4n) is 1.23. The summed E-state index contributed by atoms with van der Waals surface area (Å²) in [5.41, 5.74) is -1.27. The Kier molecular flexibility index (Phi) is 4.53. The molecule has 0 unspecified atom stereocenters. The molecule has 0 aliphatic carbocycles. The number of benzene rings is 1. The Hall–Kier alpha value is -2.76. The molecular weight excluding hydrogens is 260 g/mol. The van der Waals surface area contributed by atoms with Gasteiger partial charge in [-0.1, -0.05) is 11.8 Å². The van der Waals surface area contributed by atoms with Crippen LogP contribution in [0.25, 0.3) is 0 Å². The molecule has 0 radical (unpaired) electrons. The molecule has 0 heterocycles. The first-order chi connectivity index (χ1) is 9.19.